The lowest BCUT2D eigenvalue weighted by molar-refractivity contribution is 0.168. The molecule has 0 aromatic rings. The lowest BCUT2D eigenvalue weighted by Gasteiger charge is -2.20. The second kappa shape index (κ2) is 8.04. The standard InChI is InChI=1S/C9H21NO4S/c1-3-4-9-15(12,13)10(5-7-11)6-8-14-2/h11H,3-9H2,1-2H3. The second-order valence-corrected chi connectivity index (χ2v) is 5.37. The number of ether oxygens (including phenoxy) is 1. The van der Waals surface area contributed by atoms with Crippen molar-refractivity contribution in [1.82, 2.24) is 4.31 Å². The fourth-order valence-corrected chi connectivity index (χ4v) is 2.77. The van der Waals surface area contributed by atoms with E-state index in [2.05, 4.69) is 0 Å². The van der Waals surface area contributed by atoms with E-state index in [4.69, 9.17) is 9.84 Å². The summed E-state index contributed by atoms with van der Waals surface area (Å²) in [5.41, 5.74) is 0. The molecule has 0 amide bonds. The molecule has 0 unspecified atom stereocenters. The molecular formula is C9H21NO4S. The van der Waals surface area contributed by atoms with Crippen LogP contribution in [0.5, 0.6) is 0 Å². The van der Waals surface area contributed by atoms with E-state index in [1.165, 1.54) is 11.4 Å². The van der Waals surface area contributed by atoms with Gasteiger partial charge in [-0.15, -0.1) is 0 Å². The number of hydrogen-bond donors (Lipinski definition) is 1. The van der Waals surface area contributed by atoms with Gasteiger partial charge in [0.05, 0.1) is 19.0 Å². The van der Waals surface area contributed by atoms with Gasteiger partial charge in [0.2, 0.25) is 10.0 Å². The Labute approximate surface area is 92.1 Å². The molecule has 0 aliphatic carbocycles. The van der Waals surface area contributed by atoms with Crippen LogP contribution in [0.3, 0.4) is 0 Å². The summed E-state index contributed by atoms with van der Waals surface area (Å²) in [7, 11) is -1.70. The minimum Gasteiger partial charge on any atom is -0.395 e. The molecule has 0 rings (SSSR count). The summed E-state index contributed by atoms with van der Waals surface area (Å²) in [4.78, 5) is 0. The van der Waals surface area contributed by atoms with Gasteiger partial charge in [-0.3, -0.25) is 0 Å². The number of sulfonamides is 1. The van der Waals surface area contributed by atoms with Gasteiger partial charge in [0.15, 0.2) is 0 Å². The van der Waals surface area contributed by atoms with Crippen LogP contribution in [0.1, 0.15) is 19.8 Å². The Morgan fingerprint density at radius 1 is 1.33 bits per heavy atom. The van der Waals surface area contributed by atoms with Crippen molar-refractivity contribution in [2.75, 3.05) is 39.2 Å². The van der Waals surface area contributed by atoms with Crippen molar-refractivity contribution in [3.8, 4) is 0 Å². The van der Waals surface area contributed by atoms with Gasteiger partial charge in [-0.05, 0) is 6.42 Å². The maximum absolute atomic E-state index is 11.7. The van der Waals surface area contributed by atoms with Crippen LogP contribution in [0.4, 0.5) is 0 Å². The van der Waals surface area contributed by atoms with E-state index in [0.29, 0.717) is 19.6 Å². The first-order chi connectivity index (χ1) is 7.08. The largest absolute Gasteiger partial charge is 0.395 e. The summed E-state index contributed by atoms with van der Waals surface area (Å²) in [6, 6.07) is 0. The molecule has 15 heavy (non-hydrogen) atoms. The predicted octanol–water partition coefficient (Wildman–Crippen LogP) is 0.0570. The zero-order valence-corrected chi connectivity index (χ0v) is 10.3. The third-order valence-corrected chi connectivity index (χ3v) is 4.00. The minimum atomic E-state index is -3.23. The first-order valence-electron chi connectivity index (χ1n) is 5.16. The van der Waals surface area contributed by atoms with Crippen LogP contribution < -0.4 is 0 Å². The van der Waals surface area contributed by atoms with Crippen LogP contribution in [0.2, 0.25) is 0 Å². The first kappa shape index (κ1) is 14.8. The van der Waals surface area contributed by atoms with E-state index >= 15 is 0 Å². The normalized spacial score (nSPS) is 12.3. The number of aliphatic hydroxyl groups excluding tert-OH is 1. The Morgan fingerprint density at radius 2 is 2.00 bits per heavy atom. The highest BCUT2D eigenvalue weighted by atomic mass is 32.2. The van der Waals surface area contributed by atoms with Crippen molar-refractivity contribution in [3.63, 3.8) is 0 Å². The zero-order chi connectivity index (χ0) is 11.7. The third-order valence-electron chi connectivity index (χ3n) is 2.04. The second-order valence-electron chi connectivity index (χ2n) is 3.29. The molecule has 0 atom stereocenters. The van der Waals surface area contributed by atoms with E-state index in [1.54, 1.807) is 0 Å². The van der Waals surface area contributed by atoms with Crippen molar-refractivity contribution in [3.05, 3.63) is 0 Å². The predicted molar refractivity (Wildman–Crippen MR) is 59.2 cm³/mol. The van der Waals surface area contributed by atoms with Crippen LogP contribution in [-0.4, -0.2) is 57.0 Å². The zero-order valence-electron chi connectivity index (χ0n) is 9.48. The summed E-state index contributed by atoms with van der Waals surface area (Å²) >= 11 is 0. The molecule has 0 saturated carbocycles. The molecule has 0 radical (unpaired) electrons. The molecule has 0 spiro atoms. The van der Waals surface area contributed by atoms with Gasteiger partial charge < -0.3 is 9.84 Å². The van der Waals surface area contributed by atoms with E-state index in [1.807, 2.05) is 6.92 Å². The quantitative estimate of drug-likeness (QED) is 0.618. The molecule has 1 N–H and O–H groups in total. The first-order valence-corrected chi connectivity index (χ1v) is 6.77. The summed E-state index contributed by atoms with van der Waals surface area (Å²) in [6.07, 6.45) is 1.49. The molecule has 0 aromatic heterocycles. The van der Waals surface area contributed by atoms with Gasteiger partial charge in [-0.25, -0.2) is 8.42 Å². The van der Waals surface area contributed by atoms with Crippen molar-refractivity contribution in [2.24, 2.45) is 0 Å². The Balaban J connectivity index is 4.30. The van der Waals surface area contributed by atoms with Crippen molar-refractivity contribution in [1.29, 1.82) is 0 Å². The molecule has 0 fully saturated rings. The number of methoxy groups -OCH3 is 1. The molecule has 0 aliphatic rings. The summed E-state index contributed by atoms with van der Waals surface area (Å²) in [6.45, 7) is 2.60. The van der Waals surface area contributed by atoms with Crippen LogP contribution in [0.15, 0.2) is 0 Å². The highest BCUT2D eigenvalue weighted by molar-refractivity contribution is 7.89. The molecule has 0 aromatic carbocycles. The van der Waals surface area contributed by atoms with Crippen molar-refractivity contribution in [2.45, 2.75) is 19.8 Å². The minimum absolute atomic E-state index is 0.146. The Kier molecular flexibility index (Phi) is 7.95. The number of unbranched alkanes of at least 4 members (excludes halogenated alkanes) is 1. The fraction of sp³-hybridized carbons (Fsp3) is 1.00. The molecule has 6 heteroatoms. The van der Waals surface area contributed by atoms with Gasteiger partial charge in [0.25, 0.3) is 0 Å². The number of aliphatic hydroxyl groups is 1. The van der Waals surface area contributed by atoms with Gasteiger partial charge in [-0.2, -0.15) is 4.31 Å². The topological polar surface area (TPSA) is 66.8 Å². The molecule has 0 aliphatic heterocycles. The van der Waals surface area contributed by atoms with Crippen LogP contribution >= 0.6 is 0 Å². The maximum atomic E-state index is 11.7. The number of hydrogen-bond acceptors (Lipinski definition) is 4. The average Bonchev–Trinajstić information content (AvgIpc) is 2.21. The van der Waals surface area contributed by atoms with Crippen LogP contribution in [0, 0.1) is 0 Å². The average molecular weight is 239 g/mol. The molecule has 92 valence electrons. The lowest BCUT2D eigenvalue weighted by atomic mass is 10.4. The van der Waals surface area contributed by atoms with Gasteiger partial charge in [0.1, 0.15) is 0 Å². The maximum Gasteiger partial charge on any atom is 0.214 e. The van der Waals surface area contributed by atoms with E-state index < -0.39 is 10.0 Å². The highest BCUT2D eigenvalue weighted by Crippen LogP contribution is 2.04. The Bertz CT molecular complexity index is 240. The molecule has 0 heterocycles. The van der Waals surface area contributed by atoms with Gasteiger partial charge in [-0.1, -0.05) is 13.3 Å². The Hall–Kier alpha value is -0.170. The SMILES string of the molecule is CCCCS(=O)(=O)N(CCO)CCOC. The number of rotatable bonds is 9. The van der Waals surface area contributed by atoms with E-state index in [9.17, 15) is 8.42 Å². The molecule has 0 bridgehead atoms. The summed E-state index contributed by atoms with van der Waals surface area (Å²) < 4.78 is 29.6. The monoisotopic (exact) mass is 239 g/mol. The fourth-order valence-electron chi connectivity index (χ4n) is 1.15. The molecule has 0 saturated heterocycles. The smallest absolute Gasteiger partial charge is 0.214 e. The van der Waals surface area contributed by atoms with Crippen molar-refractivity contribution >= 4 is 10.0 Å². The van der Waals surface area contributed by atoms with E-state index in [-0.39, 0.29) is 18.9 Å². The lowest BCUT2D eigenvalue weighted by Crippen LogP contribution is -2.37. The van der Waals surface area contributed by atoms with Gasteiger partial charge in [0, 0.05) is 20.2 Å². The molecule has 5 nitrogen and oxygen atoms in total. The summed E-state index contributed by atoms with van der Waals surface area (Å²) in [5.74, 6) is 0.146. The third kappa shape index (κ3) is 6.09. The van der Waals surface area contributed by atoms with Crippen LogP contribution in [0.25, 0.3) is 0 Å². The van der Waals surface area contributed by atoms with Crippen molar-refractivity contribution < 1.29 is 18.3 Å². The summed E-state index contributed by atoms with van der Waals surface area (Å²) in [5, 5.41) is 8.78. The highest BCUT2D eigenvalue weighted by Gasteiger charge is 2.20. The molecular weight excluding hydrogens is 218 g/mol. The van der Waals surface area contributed by atoms with Crippen LogP contribution in [-0.2, 0) is 14.8 Å². The van der Waals surface area contributed by atoms with Gasteiger partial charge >= 0.3 is 0 Å². The van der Waals surface area contributed by atoms with E-state index in [0.717, 1.165) is 6.42 Å². The Morgan fingerprint density at radius 3 is 2.47 bits per heavy atom. The number of nitrogens with zero attached hydrogens (tertiary/aromatic N) is 1.